The zero-order valence-corrected chi connectivity index (χ0v) is 10.4. The summed E-state index contributed by atoms with van der Waals surface area (Å²) in [6, 6.07) is 0. The van der Waals surface area contributed by atoms with Crippen molar-refractivity contribution in [3.63, 3.8) is 0 Å². The fourth-order valence-electron chi connectivity index (χ4n) is 2.84. The maximum Gasteiger partial charge on any atom is 0.0796 e. The Balaban J connectivity index is 1.93. The quantitative estimate of drug-likeness (QED) is 0.635. The van der Waals surface area contributed by atoms with Crippen molar-refractivity contribution in [1.29, 1.82) is 0 Å². The smallest absolute Gasteiger partial charge is 0.0796 e. The molecule has 0 aromatic heterocycles. The summed E-state index contributed by atoms with van der Waals surface area (Å²) in [5.74, 6) is 0.796. The first-order chi connectivity index (χ1) is 7.11. The Labute approximate surface area is 93.9 Å². The summed E-state index contributed by atoms with van der Waals surface area (Å²) >= 11 is 0. The van der Waals surface area contributed by atoms with Gasteiger partial charge in [0.2, 0.25) is 0 Å². The topological polar surface area (TPSA) is 9.23 Å². The summed E-state index contributed by atoms with van der Waals surface area (Å²) in [5.41, 5.74) is 1.77. The van der Waals surface area contributed by atoms with Gasteiger partial charge in [-0.25, -0.2) is 0 Å². The van der Waals surface area contributed by atoms with Gasteiger partial charge in [0.15, 0.2) is 0 Å². The van der Waals surface area contributed by atoms with Crippen molar-refractivity contribution in [2.45, 2.75) is 71.0 Å². The second kappa shape index (κ2) is 4.29. The Morgan fingerprint density at radius 1 is 1.47 bits per heavy atom. The molecule has 2 rings (SSSR count). The van der Waals surface area contributed by atoms with Crippen LogP contribution in [0.1, 0.15) is 59.3 Å². The summed E-state index contributed by atoms with van der Waals surface area (Å²) in [5, 5.41) is 0. The van der Waals surface area contributed by atoms with E-state index in [9.17, 15) is 0 Å². The lowest BCUT2D eigenvalue weighted by Gasteiger charge is -2.37. The molecule has 86 valence electrons. The van der Waals surface area contributed by atoms with Crippen molar-refractivity contribution >= 4 is 0 Å². The van der Waals surface area contributed by atoms with E-state index in [1.54, 1.807) is 5.57 Å². The van der Waals surface area contributed by atoms with E-state index in [1.807, 2.05) is 0 Å². The minimum Gasteiger partial charge on any atom is -0.368 e. The highest BCUT2D eigenvalue weighted by molar-refractivity contribution is 5.16. The van der Waals surface area contributed by atoms with Crippen molar-refractivity contribution in [3.8, 4) is 0 Å². The summed E-state index contributed by atoms with van der Waals surface area (Å²) in [6.07, 6.45) is 10.7. The molecule has 1 aliphatic heterocycles. The molecule has 15 heavy (non-hydrogen) atoms. The van der Waals surface area contributed by atoms with Gasteiger partial charge in [-0.2, -0.15) is 0 Å². The van der Waals surface area contributed by atoms with Gasteiger partial charge in [0, 0.05) is 0 Å². The lowest BCUT2D eigenvalue weighted by molar-refractivity contribution is -0.108. The third-order valence-corrected chi connectivity index (χ3v) is 3.81. The van der Waals surface area contributed by atoms with Gasteiger partial charge in [0.1, 0.15) is 0 Å². The van der Waals surface area contributed by atoms with Gasteiger partial charge < -0.3 is 4.74 Å². The molecule has 1 saturated heterocycles. The fourth-order valence-corrected chi connectivity index (χ4v) is 2.84. The van der Waals surface area contributed by atoms with Crippen molar-refractivity contribution in [2.24, 2.45) is 5.92 Å². The van der Waals surface area contributed by atoms with E-state index >= 15 is 0 Å². The van der Waals surface area contributed by atoms with Crippen LogP contribution in [0.4, 0.5) is 0 Å². The van der Waals surface area contributed by atoms with Crippen molar-refractivity contribution in [3.05, 3.63) is 11.6 Å². The molecule has 1 heteroatoms. The molecule has 1 nitrogen and oxygen atoms in total. The van der Waals surface area contributed by atoms with Crippen LogP contribution in [0.25, 0.3) is 0 Å². The fraction of sp³-hybridized carbons (Fsp3) is 0.857. The van der Waals surface area contributed by atoms with Crippen LogP contribution < -0.4 is 0 Å². The first-order valence-corrected chi connectivity index (χ1v) is 6.48. The second-order valence-electron chi connectivity index (χ2n) is 5.77. The molecule has 0 aromatic carbocycles. The minimum absolute atomic E-state index is 0.109. The van der Waals surface area contributed by atoms with Crippen LogP contribution in [0.3, 0.4) is 0 Å². The summed E-state index contributed by atoms with van der Waals surface area (Å²) < 4.78 is 6.13. The Bertz CT molecular complexity index is 252. The third-order valence-electron chi connectivity index (χ3n) is 3.81. The second-order valence-corrected chi connectivity index (χ2v) is 5.77. The third kappa shape index (κ3) is 2.63. The lowest BCUT2D eigenvalue weighted by Crippen LogP contribution is -2.38. The Morgan fingerprint density at radius 2 is 2.27 bits per heavy atom. The number of ether oxygens (including phenoxy) is 1. The molecule has 2 atom stereocenters. The van der Waals surface area contributed by atoms with E-state index in [2.05, 4.69) is 26.8 Å². The molecule has 0 N–H and O–H groups in total. The summed E-state index contributed by atoms with van der Waals surface area (Å²) in [7, 11) is 0. The van der Waals surface area contributed by atoms with Crippen LogP contribution in [0.2, 0.25) is 0 Å². The molecular weight excluding hydrogens is 184 g/mol. The van der Waals surface area contributed by atoms with Crippen molar-refractivity contribution in [2.75, 3.05) is 0 Å². The minimum atomic E-state index is 0.109. The standard InChI is InChI=1S/C14H24O/c1-4-5-6-11-9-12-7-8-14(2,3)15-13(12)10-11/h10,12-13H,4-9H2,1-3H3/t12-,13+/m1/s1. The van der Waals surface area contributed by atoms with Crippen molar-refractivity contribution in [1.82, 2.24) is 0 Å². The van der Waals surface area contributed by atoms with Crippen LogP contribution in [-0.4, -0.2) is 11.7 Å². The maximum atomic E-state index is 6.13. The molecule has 0 spiro atoms. The van der Waals surface area contributed by atoms with Crippen molar-refractivity contribution < 1.29 is 4.74 Å². The Morgan fingerprint density at radius 3 is 3.00 bits per heavy atom. The molecule has 1 fully saturated rings. The zero-order chi connectivity index (χ0) is 10.9. The van der Waals surface area contributed by atoms with E-state index in [1.165, 1.54) is 38.5 Å². The predicted octanol–water partition coefficient (Wildman–Crippen LogP) is 4.08. The number of hydrogen-bond acceptors (Lipinski definition) is 1. The molecule has 0 bridgehead atoms. The molecule has 2 aliphatic rings. The van der Waals surface area contributed by atoms with Gasteiger partial charge in [-0.15, -0.1) is 0 Å². The lowest BCUT2D eigenvalue weighted by atomic mass is 9.87. The summed E-state index contributed by atoms with van der Waals surface area (Å²) in [6.45, 7) is 6.71. The van der Waals surface area contributed by atoms with Crippen LogP contribution >= 0.6 is 0 Å². The first kappa shape index (κ1) is 11.2. The van der Waals surface area contributed by atoms with Gasteiger partial charge in [-0.3, -0.25) is 0 Å². The first-order valence-electron chi connectivity index (χ1n) is 6.48. The average molecular weight is 208 g/mol. The normalized spacial score (nSPS) is 33.7. The van der Waals surface area contributed by atoms with E-state index in [0.29, 0.717) is 6.10 Å². The number of unbranched alkanes of at least 4 members (excludes halogenated alkanes) is 1. The van der Waals surface area contributed by atoms with E-state index in [0.717, 1.165) is 5.92 Å². The molecule has 0 unspecified atom stereocenters. The molecule has 0 aromatic rings. The highest BCUT2D eigenvalue weighted by atomic mass is 16.5. The van der Waals surface area contributed by atoms with E-state index in [4.69, 9.17) is 4.74 Å². The number of fused-ring (bicyclic) bond motifs is 1. The van der Waals surface area contributed by atoms with Crippen LogP contribution in [0, 0.1) is 5.92 Å². The van der Waals surface area contributed by atoms with Crippen LogP contribution in [0.15, 0.2) is 11.6 Å². The van der Waals surface area contributed by atoms with E-state index in [-0.39, 0.29) is 5.60 Å². The molecule has 0 amide bonds. The molecule has 0 radical (unpaired) electrons. The molecule has 0 saturated carbocycles. The average Bonchev–Trinajstić information content (AvgIpc) is 2.55. The Kier molecular flexibility index (Phi) is 3.20. The maximum absolute atomic E-state index is 6.13. The zero-order valence-electron chi connectivity index (χ0n) is 10.4. The highest BCUT2D eigenvalue weighted by Crippen LogP contribution is 2.41. The van der Waals surface area contributed by atoms with Gasteiger partial charge >= 0.3 is 0 Å². The molecule has 1 heterocycles. The summed E-state index contributed by atoms with van der Waals surface area (Å²) in [4.78, 5) is 0. The van der Waals surface area contributed by atoms with Crippen LogP contribution in [-0.2, 0) is 4.74 Å². The number of allylic oxidation sites excluding steroid dienone is 1. The SMILES string of the molecule is CCCCC1=C[C@@H]2OC(C)(C)CC[C@@H]2C1. The van der Waals surface area contributed by atoms with Gasteiger partial charge in [-0.05, 0) is 51.9 Å². The van der Waals surface area contributed by atoms with Gasteiger partial charge in [0.25, 0.3) is 0 Å². The van der Waals surface area contributed by atoms with E-state index < -0.39 is 0 Å². The van der Waals surface area contributed by atoms with Gasteiger partial charge in [0.05, 0.1) is 11.7 Å². The largest absolute Gasteiger partial charge is 0.368 e. The van der Waals surface area contributed by atoms with Gasteiger partial charge in [-0.1, -0.05) is 25.0 Å². The predicted molar refractivity (Wildman–Crippen MR) is 63.9 cm³/mol. The number of rotatable bonds is 3. The molecular formula is C14H24O. The molecule has 1 aliphatic carbocycles. The highest BCUT2D eigenvalue weighted by Gasteiger charge is 2.37. The monoisotopic (exact) mass is 208 g/mol. The Hall–Kier alpha value is -0.300. The van der Waals surface area contributed by atoms with Crippen LogP contribution in [0.5, 0.6) is 0 Å². The number of hydrogen-bond donors (Lipinski definition) is 0.